The van der Waals surface area contributed by atoms with Crippen molar-refractivity contribution in [2.75, 3.05) is 13.7 Å². The molecule has 7 heteroatoms. The van der Waals surface area contributed by atoms with Crippen molar-refractivity contribution in [3.8, 4) is 11.5 Å². The average Bonchev–Trinajstić information content (AvgIpc) is 3.06. The molecule has 3 aromatic rings. The number of hydrogen-bond acceptors (Lipinski definition) is 4. The minimum absolute atomic E-state index is 0.201. The number of amides is 2. The lowest BCUT2D eigenvalue weighted by molar-refractivity contribution is -0.123. The van der Waals surface area contributed by atoms with Gasteiger partial charge in [-0.15, -0.1) is 0 Å². The van der Waals surface area contributed by atoms with E-state index in [1.807, 2.05) is 44.2 Å². The van der Waals surface area contributed by atoms with Crippen molar-refractivity contribution >= 4 is 22.7 Å². The van der Waals surface area contributed by atoms with Crippen LogP contribution in [-0.2, 0) is 4.79 Å². The van der Waals surface area contributed by atoms with Gasteiger partial charge in [-0.2, -0.15) is 0 Å². The van der Waals surface area contributed by atoms with Gasteiger partial charge in [-0.3, -0.25) is 20.4 Å². The summed E-state index contributed by atoms with van der Waals surface area (Å²) in [6, 6.07) is 12.9. The Labute approximate surface area is 156 Å². The van der Waals surface area contributed by atoms with Crippen LogP contribution in [0.4, 0.5) is 0 Å². The molecule has 1 aromatic heterocycles. The third-order valence-corrected chi connectivity index (χ3v) is 3.95. The number of nitrogens with one attached hydrogen (secondary N) is 3. The Bertz CT molecular complexity index is 974. The van der Waals surface area contributed by atoms with E-state index >= 15 is 0 Å². The summed E-state index contributed by atoms with van der Waals surface area (Å²) in [4.78, 5) is 27.1. The maximum atomic E-state index is 12.2. The zero-order chi connectivity index (χ0) is 19.4. The van der Waals surface area contributed by atoms with Gasteiger partial charge in [0.05, 0.1) is 7.11 Å². The summed E-state index contributed by atoms with van der Waals surface area (Å²) in [7, 11) is 1.58. The Kier molecular flexibility index (Phi) is 5.30. The van der Waals surface area contributed by atoms with E-state index in [2.05, 4.69) is 15.8 Å². The van der Waals surface area contributed by atoms with Gasteiger partial charge in [0.15, 0.2) is 6.61 Å². The molecule has 1 heterocycles. The lowest BCUT2D eigenvalue weighted by Crippen LogP contribution is -2.43. The number of carbonyl (C=O) groups is 2. The summed E-state index contributed by atoms with van der Waals surface area (Å²) in [6.45, 7) is 3.71. The van der Waals surface area contributed by atoms with Gasteiger partial charge in [-0.1, -0.05) is 6.07 Å². The van der Waals surface area contributed by atoms with Gasteiger partial charge in [0.25, 0.3) is 11.8 Å². The van der Waals surface area contributed by atoms with E-state index in [0.717, 1.165) is 22.0 Å². The summed E-state index contributed by atoms with van der Waals surface area (Å²) in [5, 5.41) is 0.866. The van der Waals surface area contributed by atoms with E-state index < -0.39 is 11.8 Å². The molecule has 0 aliphatic heterocycles. The highest BCUT2D eigenvalue weighted by Crippen LogP contribution is 2.21. The molecule has 3 N–H and O–H groups in total. The highest BCUT2D eigenvalue weighted by molar-refractivity contribution is 5.99. The topological polar surface area (TPSA) is 92.5 Å². The van der Waals surface area contributed by atoms with Gasteiger partial charge in [0.1, 0.15) is 17.2 Å². The molecule has 27 heavy (non-hydrogen) atoms. The van der Waals surface area contributed by atoms with Crippen LogP contribution in [0.5, 0.6) is 11.5 Å². The Morgan fingerprint density at radius 2 is 1.70 bits per heavy atom. The zero-order valence-corrected chi connectivity index (χ0v) is 15.4. The molecule has 0 bridgehead atoms. The first-order valence-corrected chi connectivity index (χ1v) is 8.41. The molecule has 2 aromatic carbocycles. The molecule has 0 aliphatic rings. The third kappa shape index (κ3) is 4.58. The Hall–Kier alpha value is -3.48. The molecule has 0 unspecified atom stereocenters. The number of carbonyl (C=O) groups excluding carboxylic acids is 2. The summed E-state index contributed by atoms with van der Waals surface area (Å²) >= 11 is 0. The maximum Gasteiger partial charge on any atom is 0.286 e. The van der Waals surface area contributed by atoms with E-state index in [1.54, 1.807) is 19.2 Å². The van der Waals surface area contributed by atoms with E-state index in [0.29, 0.717) is 17.2 Å². The predicted octanol–water partition coefficient (Wildman–Crippen LogP) is 2.63. The standard InChI is InChI=1S/C20H21N3O4/c1-12-6-13(2)8-16(7-12)27-11-19(24)22-23-20(25)18-9-14-4-5-15(26-3)10-17(14)21-18/h4-10,21H,11H2,1-3H3,(H,22,24)(H,23,25). The van der Waals surface area contributed by atoms with Crippen molar-refractivity contribution in [1.29, 1.82) is 0 Å². The van der Waals surface area contributed by atoms with Crippen molar-refractivity contribution in [1.82, 2.24) is 15.8 Å². The smallest absolute Gasteiger partial charge is 0.286 e. The van der Waals surface area contributed by atoms with Gasteiger partial charge in [-0.05, 0) is 55.3 Å². The second kappa shape index (κ2) is 7.82. The number of fused-ring (bicyclic) bond motifs is 1. The lowest BCUT2D eigenvalue weighted by Gasteiger charge is -2.09. The number of aromatic amines is 1. The molecular formula is C20H21N3O4. The van der Waals surface area contributed by atoms with E-state index in [9.17, 15) is 9.59 Å². The molecule has 0 spiro atoms. The van der Waals surface area contributed by atoms with Gasteiger partial charge in [0, 0.05) is 17.0 Å². The van der Waals surface area contributed by atoms with Crippen LogP contribution < -0.4 is 20.3 Å². The number of ether oxygens (including phenoxy) is 2. The average molecular weight is 367 g/mol. The first-order valence-electron chi connectivity index (χ1n) is 8.41. The van der Waals surface area contributed by atoms with Crippen LogP contribution in [0.1, 0.15) is 21.6 Å². The fourth-order valence-electron chi connectivity index (χ4n) is 2.75. The molecule has 0 saturated carbocycles. The van der Waals surface area contributed by atoms with Crippen LogP contribution in [0.15, 0.2) is 42.5 Å². The van der Waals surface area contributed by atoms with Crippen molar-refractivity contribution in [3.05, 3.63) is 59.3 Å². The predicted molar refractivity (Wildman–Crippen MR) is 102 cm³/mol. The number of aromatic nitrogens is 1. The minimum atomic E-state index is -0.458. The largest absolute Gasteiger partial charge is 0.497 e. The highest BCUT2D eigenvalue weighted by Gasteiger charge is 2.11. The SMILES string of the molecule is COc1ccc2cc(C(=O)NNC(=O)COc3cc(C)cc(C)c3)[nH]c2c1. The number of aryl methyl sites for hydroxylation is 2. The molecule has 0 radical (unpaired) electrons. The number of hydrogen-bond donors (Lipinski definition) is 3. The normalized spacial score (nSPS) is 10.5. The van der Waals surface area contributed by atoms with Crippen molar-refractivity contribution in [2.45, 2.75) is 13.8 Å². The van der Waals surface area contributed by atoms with Crippen LogP contribution in [-0.4, -0.2) is 30.5 Å². The number of methoxy groups -OCH3 is 1. The van der Waals surface area contributed by atoms with Gasteiger partial charge in [-0.25, -0.2) is 0 Å². The van der Waals surface area contributed by atoms with Gasteiger partial charge >= 0.3 is 0 Å². The van der Waals surface area contributed by atoms with Gasteiger partial charge in [0.2, 0.25) is 0 Å². The Balaban J connectivity index is 1.54. The van der Waals surface area contributed by atoms with Crippen molar-refractivity contribution in [3.63, 3.8) is 0 Å². The Morgan fingerprint density at radius 3 is 2.41 bits per heavy atom. The lowest BCUT2D eigenvalue weighted by atomic mass is 10.1. The first-order chi connectivity index (χ1) is 12.9. The second-order valence-electron chi connectivity index (χ2n) is 6.25. The van der Waals surface area contributed by atoms with Crippen LogP contribution in [0, 0.1) is 13.8 Å². The van der Waals surface area contributed by atoms with E-state index in [1.165, 1.54) is 0 Å². The maximum absolute atomic E-state index is 12.2. The zero-order valence-electron chi connectivity index (χ0n) is 15.4. The third-order valence-electron chi connectivity index (χ3n) is 3.95. The molecule has 0 fully saturated rings. The first kappa shape index (κ1) is 18.3. The van der Waals surface area contributed by atoms with Crippen molar-refractivity contribution in [2.24, 2.45) is 0 Å². The molecule has 140 valence electrons. The summed E-state index contributed by atoms with van der Waals surface area (Å²) in [5.41, 5.74) is 7.90. The summed E-state index contributed by atoms with van der Waals surface area (Å²) < 4.78 is 10.6. The summed E-state index contributed by atoms with van der Waals surface area (Å²) in [6.07, 6.45) is 0. The number of rotatable bonds is 5. The minimum Gasteiger partial charge on any atom is -0.497 e. The number of H-pyrrole nitrogens is 1. The van der Waals surface area contributed by atoms with Crippen LogP contribution >= 0.6 is 0 Å². The molecule has 2 amide bonds. The van der Waals surface area contributed by atoms with Crippen LogP contribution in [0.2, 0.25) is 0 Å². The highest BCUT2D eigenvalue weighted by atomic mass is 16.5. The molecular weight excluding hydrogens is 346 g/mol. The molecule has 0 atom stereocenters. The van der Waals surface area contributed by atoms with E-state index in [4.69, 9.17) is 9.47 Å². The molecule has 0 aliphatic carbocycles. The summed E-state index contributed by atoms with van der Waals surface area (Å²) in [5.74, 6) is 0.386. The monoisotopic (exact) mass is 367 g/mol. The fraction of sp³-hybridized carbons (Fsp3) is 0.200. The molecule has 0 saturated heterocycles. The fourth-order valence-corrected chi connectivity index (χ4v) is 2.75. The number of hydrazine groups is 1. The van der Waals surface area contributed by atoms with Crippen LogP contribution in [0.3, 0.4) is 0 Å². The molecule has 7 nitrogen and oxygen atoms in total. The quantitative estimate of drug-likeness (QED) is 0.605. The molecule has 3 rings (SSSR count). The van der Waals surface area contributed by atoms with E-state index in [-0.39, 0.29) is 6.61 Å². The van der Waals surface area contributed by atoms with Crippen molar-refractivity contribution < 1.29 is 19.1 Å². The Morgan fingerprint density at radius 1 is 0.963 bits per heavy atom. The van der Waals surface area contributed by atoms with Gasteiger partial charge < -0.3 is 14.5 Å². The second-order valence-corrected chi connectivity index (χ2v) is 6.25. The number of benzene rings is 2. The van der Waals surface area contributed by atoms with Crippen LogP contribution in [0.25, 0.3) is 10.9 Å².